The molecule has 2 aromatic carbocycles. The van der Waals surface area contributed by atoms with Gasteiger partial charge in [0.2, 0.25) is 0 Å². The Morgan fingerprint density at radius 1 is 0.956 bits per heavy atom. The highest BCUT2D eigenvalue weighted by molar-refractivity contribution is 5.76. The third-order valence-electron chi connectivity index (χ3n) is 10.7. The van der Waals surface area contributed by atoms with Crippen LogP contribution >= 0.6 is 0 Å². The Morgan fingerprint density at radius 2 is 1.67 bits per heavy atom. The molecule has 0 amide bonds. The van der Waals surface area contributed by atoms with Gasteiger partial charge in [-0.25, -0.2) is 13.8 Å². The number of imidazole rings is 1. The second kappa shape index (κ2) is 13.9. The second-order valence-electron chi connectivity index (χ2n) is 14.1. The average molecular weight is 623 g/mol. The number of fused-ring (bicyclic) bond motifs is 1. The topological polar surface area (TPSA) is 59.7 Å². The lowest BCUT2D eigenvalue weighted by molar-refractivity contribution is 0.0415. The summed E-state index contributed by atoms with van der Waals surface area (Å²) in [6.07, 6.45) is 9.41. The van der Waals surface area contributed by atoms with E-state index in [9.17, 15) is 0 Å². The van der Waals surface area contributed by atoms with Gasteiger partial charge >= 0.3 is 0 Å². The predicted molar refractivity (Wildman–Crippen MR) is 179 cm³/mol. The molecule has 3 fully saturated rings. The zero-order valence-corrected chi connectivity index (χ0v) is 27.8. The quantitative estimate of drug-likeness (QED) is 0.211. The fourth-order valence-corrected chi connectivity index (χ4v) is 8.26. The lowest BCUT2D eigenvalue weighted by Crippen LogP contribution is -2.44. The molecule has 9 heteroatoms. The Balaban J connectivity index is 1.18. The van der Waals surface area contributed by atoms with Crippen molar-refractivity contribution >= 4 is 22.4 Å². The number of nitrogens with one attached hydrogen (secondary N) is 2. The Kier molecular flexibility index (Phi) is 9.97. The average Bonchev–Trinajstić information content (AvgIpc) is 3.76. The number of likely N-dealkylation sites (tertiary alicyclic amines) is 1. The predicted octanol–water partition coefficient (Wildman–Crippen LogP) is 8.04. The fourth-order valence-electron chi connectivity index (χ4n) is 8.26. The van der Waals surface area contributed by atoms with Crippen LogP contribution in [0.25, 0.3) is 11.0 Å². The van der Waals surface area contributed by atoms with E-state index in [2.05, 4.69) is 66.2 Å². The van der Waals surface area contributed by atoms with E-state index in [0.29, 0.717) is 23.7 Å². The van der Waals surface area contributed by atoms with Crippen LogP contribution < -0.4 is 15.3 Å². The van der Waals surface area contributed by atoms with Crippen LogP contribution in [0.1, 0.15) is 109 Å². The van der Waals surface area contributed by atoms with Crippen molar-refractivity contribution in [1.29, 1.82) is 0 Å². The van der Waals surface area contributed by atoms with Gasteiger partial charge in [0, 0.05) is 30.4 Å². The van der Waals surface area contributed by atoms with Crippen LogP contribution in [0.4, 0.5) is 20.2 Å². The van der Waals surface area contributed by atoms with Gasteiger partial charge in [-0.3, -0.25) is 4.90 Å². The number of benzene rings is 2. The summed E-state index contributed by atoms with van der Waals surface area (Å²) in [5, 5.41) is 0. The first kappa shape index (κ1) is 32.2. The summed E-state index contributed by atoms with van der Waals surface area (Å²) in [7, 11) is 1.69. The van der Waals surface area contributed by atoms with E-state index >= 15 is 8.78 Å². The molecule has 0 aliphatic carbocycles. The number of H-pyrrole nitrogens is 1. The lowest BCUT2D eigenvalue weighted by Gasteiger charge is -2.41. The molecule has 3 aliphatic heterocycles. The highest BCUT2D eigenvalue weighted by Gasteiger charge is 2.33. The van der Waals surface area contributed by atoms with Crippen LogP contribution in [0.5, 0.6) is 0 Å². The molecule has 4 heterocycles. The summed E-state index contributed by atoms with van der Waals surface area (Å²) < 4.78 is 31.3. The summed E-state index contributed by atoms with van der Waals surface area (Å²) in [6.45, 7) is 11.5. The van der Waals surface area contributed by atoms with Crippen LogP contribution in [0.2, 0.25) is 0 Å². The molecule has 0 bridgehead atoms. The largest absolute Gasteiger partial charge is 0.364 e. The van der Waals surface area contributed by atoms with Crippen LogP contribution in [-0.2, 0) is 4.84 Å². The molecule has 6 rings (SSSR count). The third-order valence-corrected chi connectivity index (χ3v) is 10.7. The number of anilines is 2. The minimum absolute atomic E-state index is 0.0659. The molecule has 0 saturated carbocycles. The monoisotopic (exact) mass is 622 g/mol. The molecule has 3 aliphatic rings. The number of hydrogen-bond donors (Lipinski definition) is 2. The van der Waals surface area contributed by atoms with Crippen molar-refractivity contribution in [2.45, 2.75) is 116 Å². The molecule has 2 N–H and O–H groups in total. The van der Waals surface area contributed by atoms with E-state index in [4.69, 9.17) is 9.82 Å². The van der Waals surface area contributed by atoms with E-state index in [0.717, 1.165) is 93.4 Å². The van der Waals surface area contributed by atoms with Gasteiger partial charge in [0.1, 0.15) is 11.5 Å². The number of hydrogen-bond acceptors (Lipinski definition) is 6. The molecule has 5 atom stereocenters. The van der Waals surface area contributed by atoms with Crippen molar-refractivity contribution in [2.24, 2.45) is 5.92 Å². The number of nitrogens with zero attached hydrogens (tertiary/aromatic N) is 4. The van der Waals surface area contributed by atoms with Gasteiger partial charge in [-0.05, 0) is 120 Å². The number of aromatic amines is 1. The summed E-state index contributed by atoms with van der Waals surface area (Å²) >= 11 is 0. The van der Waals surface area contributed by atoms with E-state index in [1.54, 1.807) is 19.2 Å². The SMILES string of the molecule is CON[C@H](CCCN1CCC[C@H]1c1nc2ccc([C@H]3CCCN3c3cc(F)c(N4[C@H](C)CCC[C@@H]4C)c(F)c3)cc2[nH]1)C(C)C. The zero-order valence-electron chi connectivity index (χ0n) is 27.8. The maximum Gasteiger partial charge on any atom is 0.151 e. The summed E-state index contributed by atoms with van der Waals surface area (Å²) in [5.74, 6) is 0.643. The maximum absolute atomic E-state index is 15.7. The van der Waals surface area contributed by atoms with Gasteiger partial charge in [0.15, 0.2) is 11.6 Å². The first-order valence-corrected chi connectivity index (χ1v) is 17.3. The first-order chi connectivity index (χ1) is 21.7. The highest BCUT2D eigenvalue weighted by atomic mass is 19.1. The Labute approximate surface area is 267 Å². The van der Waals surface area contributed by atoms with Crippen LogP contribution in [0.3, 0.4) is 0 Å². The molecule has 1 aromatic heterocycles. The molecule has 0 spiro atoms. The van der Waals surface area contributed by atoms with Gasteiger partial charge in [0.05, 0.1) is 30.2 Å². The van der Waals surface area contributed by atoms with Crippen molar-refractivity contribution < 1.29 is 13.6 Å². The molecule has 3 aromatic rings. The van der Waals surface area contributed by atoms with Crippen molar-refractivity contribution in [3.63, 3.8) is 0 Å². The third kappa shape index (κ3) is 6.72. The maximum atomic E-state index is 15.7. The van der Waals surface area contributed by atoms with E-state index in [1.165, 1.54) is 6.42 Å². The summed E-state index contributed by atoms with van der Waals surface area (Å²) in [5.41, 5.74) is 7.08. The molecular weight excluding hydrogens is 570 g/mol. The highest BCUT2D eigenvalue weighted by Crippen LogP contribution is 2.41. The van der Waals surface area contributed by atoms with Crippen LogP contribution in [0, 0.1) is 17.6 Å². The first-order valence-electron chi connectivity index (χ1n) is 17.3. The molecule has 246 valence electrons. The Morgan fingerprint density at radius 3 is 2.38 bits per heavy atom. The minimum atomic E-state index is -0.458. The summed E-state index contributed by atoms with van der Waals surface area (Å²) in [6, 6.07) is 10.5. The second-order valence-corrected chi connectivity index (χ2v) is 14.1. The molecule has 45 heavy (non-hydrogen) atoms. The van der Waals surface area contributed by atoms with Crippen molar-refractivity contribution in [1.82, 2.24) is 20.3 Å². The van der Waals surface area contributed by atoms with E-state index in [-0.39, 0.29) is 23.8 Å². The standard InChI is InChI=1S/C36H52F2N6O/c1-23(2)30(41-45-5)12-7-17-42-18-8-14-34(42)36-39-31-16-15-26(20-32(31)40-36)33-13-9-19-43(33)27-21-28(37)35(29(38)22-27)44-24(3)10-6-11-25(44)4/h15-16,20-25,30,33-34,41H,6-14,17-19H2,1-5H3,(H,39,40)/t24-,25+,30-,33-,34+/m1/s1. The molecule has 7 nitrogen and oxygen atoms in total. The van der Waals surface area contributed by atoms with Gasteiger partial charge in [0.25, 0.3) is 0 Å². The molecule has 3 saturated heterocycles. The lowest BCUT2D eigenvalue weighted by atomic mass is 9.96. The smallest absolute Gasteiger partial charge is 0.151 e. The van der Waals surface area contributed by atoms with E-state index < -0.39 is 11.6 Å². The fraction of sp³-hybridized carbons (Fsp3) is 0.639. The normalized spacial score (nSPS) is 25.2. The van der Waals surface area contributed by atoms with Crippen LogP contribution in [0.15, 0.2) is 30.3 Å². The number of hydroxylamine groups is 1. The van der Waals surface area contributed by atoms with Gasteiger partial charge in [-0.1, -0.05) is 19.9 Å². The Bertz CT molecular complexity index is 1410. The van der Waals surface area contributed by atoms with Gasteiger partial charge < -0.3 is 19.6 Å². The van der Waals surface area contributed by atoms with Crippen molar-refractivity contribution in [2.75, 3.05) is 36.5 Å². The van der Waals surface area contributed by atoms with Gasteiger partial charge in [-0.2, -0.15) is 5.48 Å². The van der Waals surface area contributed by atoms with E-state index in [1.807, 2.05) is 4.90 Å². The van der Waals surface area contributed by atoms with Crippen LogP contribution in [-0.4, -0.2) is 59.7 Å². The van der Waals surface area contributed by atoms with Gasteiger partial charge in [-0.15, -0.1) is 0 Å². The minimum Gasteiger partial charge on any atom is -0.364 e. The number of halogens is 2. The number of piperidine rings is 1. The number of aromatic nitrogens is 2. The molecular formula is C36H52F2N6O. The summed E-state index contributed by atoms with van der Waals surface area (Å²) in [4.78, 5) is 20.6. The zero-order chi connectivity index (χ0) is 31.7. The molecule has 0 radical (unpaired) electrons. The Hall–Kier alpha value is -2.75. The van der Waals surface area contributed by atoms with Crippen molar-refractivity contribution in [3.05, 3.63) is 53.4 Å². The van der Waals surface area contributed by atoms with Crippen molar-refractivity contribution in [3.8, 4) is 0 Å². The molecule has 0 unspecified atom stereocenters. The number of rotatable bonds is 11.